The van der Waals surface area contributed by atoms with E-state index in [4.69, 9.17) is 18.9 Å². The molecule has 0 spiro atoms. The summed E-state index contributed by atoms with van der Waals surface area (Å²) in [6.45, 7) is 8.22. The molecular weight excluding hydrogens is 462 g/mol. The maximum Gasteiger partial charge on any atom is 0.295 e. The van der Waals surface area contributed by atoms with Gasteiger partial charge in [0.15, 0.2) is 11.5 Å². The second-order valence-electron chi connectivity index (χ2n) is 9.05. The van der Waals surface area contributed by atoms with Crippen molar-refractivity contribution in [1.29, 1.82) is 0 Å². The highest BCUT2D eigenvalue weighted by Crippen LogP contribution is 2.43. The predicted octanol–water partition coefficient (Wildman–Crippen LogP) is 4.57. The first-order valence-corrected chi connectivity index (χ1v) is 11.9. The predicted molar refractivity (Wildman–Crippen MR) is 137 cm³/mol. The van der Waals surface area contributed by atoms with Crippen LogP contribution >= 0.6 is 0 Å². The largest absolute Gasteiger partial charge is 0.507 e. The number of rotatable bonds is 10. The first kappa shape index (κ1) is 27.1. The lowest BCUT2D eigenvalue weighted by Crippen LogP contribution is -2.31. The van der Waals surface area contributed by atoms with Crippen LogP contribution in [-0.4, -0.2) is 62.3 Å². The van der Waals surface area contributed by atoms with Crippen LogP contribution in [0.25, 0.3) is 5.76 Å². The average molecular weight is 498 g/mol. The number of methoxy groups -OCH3 is 3. The maximum atomic E-state index is 13.3. The molecule has 0 saturated carbocycles. The van der Waals surface area contributed by atoms with Crippen LogP contribution in [-0.2, 0) is 14.3 Å². The van der Waals surface area contributed by atoms with Crippen LogP contribution < -0.4 is 14.2 Å². The highest BCUT2D eigenvalue weighted by Gasteiger charge is 2.46. The van der Waals surface area contributed by atoms with E-state index in [2.05, 4.69) is 0 Å². The van der Waals surface area contributed by atoms with Crippen molar-refractivity contribution in [2.45, 2.75) is 46.3 Å². The van der Waals surface area contributed by atoms with E-state index >= 15 is 0 Å². The number of aliphatic hydroxyl groups is 1. The molecule has 36 heavy (non-hydrogen) atoms. The van der Waals surface area contributed by atoms with Crippen LogP contribution in [0.5, 0.6) is 17.2 Å². The van der Waals surface area contributed by atoms with Crippen molar-refractivity contribution in [3.8, 4) is 17.2 Å². The number of likely N-dealkylation sites (tertiary alicyclic amines) is 1. The Morgan fingerprint density at radius 2 is 1.67 bits per heavy atom. The van der Waals surface area contributed by atoms with Gasteiger partial charge in [-0.2, -0.15) is 0 Å². The lowest BCUT2D eigenvalue weighted by atomic mass is 9.93. The Morgan fingerprint density at radius 1 is 0.972 bits per heavy atom. The van der Waals surface area contributed by atoms with E-state index in [9.17, 15) is 14.7 Å². The number of hydrogen-bond acceptors (Lipinski definition) is 7. The molecule has 0 radical (unpaired) electrons. The third-order valence-corrected chi connectivity index (χ3v) is 6.15. The second kappa shape index (κ2) is 11.5. The van der Waals surface area contributed by atoms with Crippen LogP contribution in [0, 0.1) is 13.8 Å². The van der Waals surface area contributed by atoms with E-state index in [0.717, 1.165) is 11.1 Å². The zero-order valence-corrected chi connectivity index (χ0v) is 22.0. The van der Waals surface area contributed by atoms with Crippen molar-refractivity contribution < 1.29 is 33.6 Å². The number of ether oxygens (including phenoxy) is 4. The molecule has 8 heteroatoms. The molecule has 1 amide bonds. The number of nitrogens with zero attached hydrogens (tertiary/aromatic N) is 1. The maximum absolute atomic E-state index is 13.3. The number of aliphatic hydroxyl groups excluding tert-OH is 1. The smallest absolute Gasteiger partial charge is 0.295 e. The molecule has 2 aromatic carbocycles. The van der Waals surface area contributed by atoms with E-state index in [-0.39, 0.29) is 24.0 Å². The average Bonchev–Trinajstić information content (AvgIpc) is 3.09. The fourth-order valence-electron chi connectivity index (χ4n) is 4.45. The summed E-state index contributed by atoms with van der Waals surface area (Å²) in [4.78, 5) is 28.0. The van der Waals surface area contributed by atoms with Gasteiger partial charge in [0.1, 0.15) is 11.5 Å². The molecule has 8 nitrogen and oxygen atoms in total. The molecule has 2 aromatic rings. The third kappa shape index (κ3) is 5.33. The number of carbonyl (C=O) groups is 2. The molecule has 1 heterocycles. The molecular formula is C28H35NO7. The van der Waals surface area contributed by atoms with Gasteiger partial charge in [-0.25, -0.2) is 0 Å². The number of benzene rings is 2. The van der Waals surface area contributed by atoms with E-state index in [1.165, 1.54) is 12.0 Å². The molecule has 1 unspecified atom stereocenters. The SMILES string of the molecule is COCCCN1C(=O)C(=O)/C(=C(/O)c2cc(C)c(OC)cc2C)C1c1ccc(OC(C)C)c(OC)c1. The first-order valence-electron chi connectivity index (χ1n) is 11.9. The van der Waals surface area contributed by atoms with Gasteiger partial charge in [0.2, 0.25) is 0 Å². The Morgan fingerprint density at radius 3 is 2.28 bits per heavy atom. The zero-order valence-electron chi connectivity index (χ0n) is 22.0. The van der Waals surface area contributed by atoms with Crippen molar-refractivity contribution in [3.05, 3.63) is 58.2 Å². The second-order valence-corrected chi connectivity index (χ2v) is 9.05. The molecule has 3 rings (SSSR count). The van der Waals surface area contributed by atoms with Gasteiger partial charge in [0.25, 0.3) is 11.7 Å². The summed E-state index contributed by atoms with van der Waals surface area (Å²) < 4.78 is 21.9. The zero-order chi connectivity index (χ0) is 26.6. The monoisotopic (exact) mass is 497 g/mol. The van der Waals surface area contributed by atoms with Crippen LogP contribution in [0.1, 0.15) is 48.6 Å². The van der Waals surface area contributed by atoms with E-state index in [1.54, 1.807) is 44.6 Å². The van der Waals surface area contributed by atoms with Crippen molar-refractivity contribution >= 4 is 17.4 Å². The summed E-state index contributed by atoms with van der Waals surface area (Å²) in [5.41, 5.74) is 2.65. The molecule has 0 aliphatic carbocycles. The Kier molecular flexibility index (Phi) is 8.63. The Hall–Kier alpha value is -3.52. The fourth-order valence-corrected chi connectivity index (χ4v) is 4.45. The number of carbonyl (C=O) groups excluding carboxylic acids is 2. The van der Waals surface area contributed by atoms with Crippen molar-refractivity contribution in [3.63, 3.8) is 0 Å². The highest BCUT2D eigenvalue weighted by atomic mass is 16.5. The van der Waals surface area contributed by atoms with Crippen molar-refractivity contribution in [2.24, 2.45) is 0 Å². The summed E-state index contributed by atoms with van der Waals surface area (Å²) >= 11 is 0. The highest BCUT2D eigenvalue weighted by molar-refractivity contribution is 6.46. The summed E-state index contributed by atoms with van der Waals surface area (Å²) in [7, 11) is 4.69. The van der Waals surface area contributed by atoms with Crippen LogP contribution in [0.3, 0.4) is 0 Å². The Balaban J connectivity index is 2.21. The summed E-state index contributed by atoms with van der Waals surface area (Å²) in [5, 5.41) is 11.5. The third-order valence-electron chi connectivity index (χ3n) is 6.15. The number of aryl methyl sites for hydroxylation is 2. The minimum absolute atomic E-state index is 0.0321. The number of ketones is 1. The summed E-state index contributed by atoms with van der Waals surface area (Å²) in [5.74, 6) is 0.0732. The lowest BCUT2D eigenvalue weighted by Gasteiger charge is -2.26. The Bertz CT molecular complexity index is 1170. The number of amides is 1. The van der Waals surface area contributed by atoms with Gasteiger partial charge in [0.05, 0.1) is 31.9 Å². The summed E-state index contributed by atoms with van der Waals surface area (Å²) in [6, 6.07) is 8.06. The molecule has 1 fully saturated rings. The van der Waals surface area contributed by atoms with Crippen molar-refractivity contribution in [1.82, 2.24) is 4.90 Å². The van der Waals surface area contributed by atoms with Crippen LogP contribution in [0.2, 0.25) is 0 Å². The van der Waals surface area contributed by atoms with Gasteiger partial charge < -0.3 is 29.0 Å². The van der Waals surface area contributed by atoms with Gasteiger partial charge in [-0.15, -0.1) is 0 Å². The minimum atomic E-state index is -0.800. The molecule has 1 aliphatic rings. The number of hydrogen-bond donors (Lipinski definition) is 1. The van der Waals surface area contributed by atoms with Crippen LogP contribution in [0.15, 0.2) is 35.9 Å². The van der Waals surface area contributed by atoms with Gasteiger partial charge in [-0.1, -0.05) is 6.07 Å². The fraction of sp³-hybridized carbons (Fsp3) is 0.429. The Labute approximate surface area is 212 Å². The van der Waals surface area contributed by atoms with Gasteiger partial charge >= 0.3 is 0 Å². The van der Waals surface area contributed by atoms with E-state index in [1.807, 2.05) is 27.7 Å². The molecule has 1 aliphatic heterocycles. The first-order chi connectivity index (χ1) is 17.1. The minimum Gasteiger partial charge on any atom is -0.507 e. The van der Waals surface area contributed by atoms with E-state index in [0.29, 0.717) is 41.4 Å². The molecule has 0 bridgehead atoms. The molecule has 1 saturated heterocycles. The topological polar surface area (TPSA) is 94.5 Å². The van der Waals surface area contributed by atoms with Gasteiger partial charge in [-0.05, 0) is 75.1 Å². The molecule has 1 atom stereocenters. The van der Waals surface area contributed by atoms with E-state index < -0.39 is 17.7 Å². The normalized spacial score (nSPS) is 17.1. The molecule has 1 N–H and O–H groups in total. The number of Topliss-reactive ketones (excluding diaryl/α,β-unsaturated/α-hetero) is 1. The summed E-state index contributed by atoms with van der Waals surface area (Å²) in [6.07, 6.45) is 0.470. The van der Waals surface area contributed by atoms with Gasteiger partial charge in [-0.3, -0.25) is 9.59 Å². The molecule has 194 valence electrons. The van der Waals surface area contributed by atoms with Gasteiger partial charge in [0, 0.05) is 25.8 Å². The van der Waals surface area contributed by atoms with Crippen molar-refractivity contribution in [2.75, 3.05) is 34.5 Å². The quantitative estimate of drug-likeness (QED) is 0.222. The molecule has 0 aromatic heterocycles. The lowest BCUT2D eigenvalue weighted by molar-refractivity contribution is -0.140. The van der Waals surface area contributed by atoms with Crippen LogP contribution in [0.4, 0.5) is 0 Å². The standard InChI is InChI=1S/C28H35NO7/c1-16(2)36-21-10-9-19(15-23(21)35-7)25-24(27(31)28(32)29(25)11-8-12-33-5)26(30)20-13-18(4)22(34-6)14-17(20)3/h9-10,13-16,25,30H,8,11-12H2,1-7H3/b26-24+.